The van der Waals surface area contributed by atoms with Gasteiger partial charge in [-0.1, -0.05) is 11.6 Å². The Morgan fingerprint density at radius 3 is 3.11 bits per heavy atom. The second-order valence-corrected chi connectivity index (χ2v) is 6.47. The lowest BCUT2D eigenvalue weighted by atomic mass is 10.2. The molecule has 1 aromatic heterocycles. The van der Waals surface area contributed by atoms with Crippen LogP contribution in [-0.2, 0) is 0 Å². The average Bonchev–Trinajstić information content (AvgIpc) is 2.70. The van der Waals surface area contributed by atoms with E-state index >= 15 is 0 Å². The number of aromatic nitrogens is 1. The van der Waals surface area contributed by atoms with Crippen molar-refractivity contribution in [1.82, 2.24) is 4.98 Å². The number of hydrogen-bond acceptors (Lipinski definition) is 4. The molecule has 0 radical (unpaired) electrons. The summed E-state index contributed by atoms with van der Waals surface area (Å²) in [5.41, 5.74) is 2.06. The molecule has 19 heavy (non-hydrogen) atoms. The molecule has 1 N–H and O–H groups in total. The third-order valence-electron chi connectivity index (χ3n) is 2.48. The van der Waals surface area contributed by atoms with Crippen molar-refractivity contribution in [2.75, 3.05) is 0 Å². The molecule has 1 aromatic carbocycles. The highest BCUT2D eigenvalue weighted by molar-refractivity contribution is 14.2. The Balaban J connectivity index is 2.00. The molecule has 0 bridgehead atoms. The smallest absolute Gasteiger partial charge is 0.417 e. The van der Waals surface area contributed by atoms with Crippen LogP contribution in [0.2, 0.25) is 0 Å². The minimum Gasteiger partial charge on any atom is -0.451 e. The minimum atomic E-state index is -0.469. The number of fused-ring (bicyclic) bond motifs is 1. The van der Waals surface area contributed by atoms with E-state index in [1.807, 2.05) is 13.0 Å². The predicted molar refractivity (Wildman–Crippen MR) is 83.7 cm³/mol. The highest BCUT2D eigenvalue weighted by atomic mass is 127. The summed E-state index contributed by atoms with van der Waals surface area (Å²) in [6.07, 6.45) is 1.71. The van der Waals surface area contributed by atoms with Crippen LogP contribution in [0.25, 0.3) is 11.1 Å². The summed E-state index contributed by atoms with van der Waals surface area (Å²) in [5.74, 6) is 0.154. The van der Waals surface area contributed by atoms with Crippen molar-refractivity contribution in [3.05, 3.63) is 39.5 Å². The summed E-state index contributed by atoms with van der Waals surface area (Å²) >= 11 is 5.41. The average molecular weight is 391 g/mol. The van der Waals surface area contributed by atoms with E-state index in [9.17, 15) is 4.79 Å². The van der Waals surface area contributed by atoms with E-state index in [-0.39, 0.29) is 0 Å². The number of rotatable bonds is 2. The first-order valence-corrected chi connectivity index (χ1v) is 8.03. The van der Waals surface area contributed by atoms with Crippen molar-refractivity contribution in [1.29, 1.82) is 0 Å². The standard InChI is InChI=1S/C12H8ClIN2O3/c1-6-2-7(3-8-11(6)16-12(17)19-8)18-10-4-9(13)15-5-14-10/h2-5H,1H3,(H,16,17). The van der Waals surface area contributed by atoms with E-state index in [4.69, 9.17) is 20.8 Å². The number of ether oxygens (including phenoxy) is 1. The number of nitrogens with one attached hydrogen (secondary N) is 1. The van der Waals surface area contributed by atoms with Crippen LogP contribution in [0.1, 0.15) is 5.56 Å². The Labute approximate surface area is 122 Å². The van der Waals surface area contributed by atoms with E-state index < -0.39 is 26.5 Å². The number of nitrogens with zero attached hydrogens (tertiary/aromatic N) is 1. The monoisotopic (exact) mass is 390 g/mol. The fraction of sp³-hybridized carbons (Fsp3) is 0.0833. The van der Waals surface area contributed by atoms with Crippen molar-refractivity contribution in [2.24, 2.45) is 4.99 Å². The third kappa shape index (κ3) is 2.64. The Morgan fingerprint density at radius 1 is 1.47 bits per heavy atom. The molecule has 2 heterocycles. The zero-order valence-electron chi connectivity index (χ0n) is 9.74. The van der Waals surface area contributed by atoms with Gasteiger partial charge in [0, 0.05) is 12.1 Å². The van der Waals surface area contributed by atoms with Crippen molar-refractivity contribution in [3.63, 3.8) is 0 Å². The molecule has 2 aromatic rings. The van der Waals surface area contributed by atoms with Gasteiger partial charge in [-0.2, -0.15) is 0 Å². The molecule has 1 aliphatic rings. The first kappa shape index (κ1) is 12.6. The Kier molecular flexibility index (Phi) is 3.28. The first-order chi connectivity index (χ1) is 9.11. The van der Waals surface area contributed by atoms with Crippen LogP contribution in [0.3, 0.4) is 0 Å². The van der Waals surface area contributed by atoms with Gasteiger partial charge >= 0.3 is 5.76 Å². The maximum Gasteiger partial charge on any atom is 0.417 e. The molecule has 3 rings (SSSR count). The summed E-state index contributed by atoms with van der Waals surface area (Å²) in [6, 6.07) is 3.53. The lowest BCUT2D eigenvalue weighted by Crippen LogP contribution is -2.04. The molecule has 0 saturated heterocycles. The molecule has 0 unspecified atom stereocenters. The SMILES string of the molecule is Cc1cc(OC2=IC=NC(Cl)=C2)cc2oc(=O)[nH]c12. The topological polar surface area (TPSA) is 67.6 Å². The van der Waals surface area contributed by atoms with E-state index in [0.717, 1.165) is 9.26 Å². The summed E-state index contributed by atoms with van der Waals surface area (Å²) in [7, 11) is 0. The van der Waals surface area contributed by atoms with Crippen molar-refractivity contribution in [2.45, 2.75) is 6.92 Å². The number of benzene rings is 1. The Bertz CT molecular complexity index is 801. The molecule has 0 spiro atoms. The molecule has 1 aliphatic heterocycles. The fourth-order valence-corrected chi connectivity index (χ4v) is 3.76. The Hall–Kier alpha value is -1.41. The molecule has 0 aliphatic carbocycles. The number of hydrogen-bond donors (Lipinski definition) is 1. The molecule has 5 nitrogen and oxygen atoms in total. The molecule has 0 fully saturated rings. The fourth-order valence-electron chi connectivity index (χ4n) is 1.70. The van der Waals surface area contributed by atoms with E-state index in [1.165, 1.54) is 0 Å². The van der Waals surface area contributed by atoms with Crippen LogP contribution < -0.4 is 10.5 Å². The molecule has 98 valence electrons. The van der Waals surface area contributed by atoms with Gasteiger partial charge in [0.25, 0.3) is 0 Å². The molecule has 7 heteroatoms. The normalized spacial score (nSPS) is 14.8. The number of oxazole rings is 1. The van der Waals surface area contributed by atoms with Gasteiger partial charge in [0.15, 0.2) is 9.28 Å². The summed E-state index contributed by atoms with van der Waals surface area (Å²) < 4.78 is 13.4. The zero-order valence-corrected chi connectivity index (χ0v) is 12.7. The van der Waals surface area contributed by atoms with E-state index in [2.05, 4.69) is 9.98 Å². The summed E-state index contributed by atoms with van der Waals surface area (Å²) in [6.45, 7) is 1.88. The number of halogens is 2. The van der Waals surface area contributed by atoms with E-state index in [1.54, 1.807) is 16.4 Å². The molecule has 0 atom stereocenters. The number of aromatic amines is 1. The van der Waals surface area contributed by atoms with E-state index in [0.29, 0.717) is 22.0 Å². The number of aryl methyl sites for hydroxylation is 1. The second-order valence-electron chi connectivity index (χ2n) is 3.84. The molecule has 0 saturated carbocycles. The van der Waals surface area contributed by atoms with Crippen LogP contribution in [-0.4, -0.2) is 12.9 Å². The third-order valence-corrected chi connectivity index (χ3v) is 4.39. The quantitative estimate of drug-likeness (QED) is 0.633. The maximum atomic E-state index is 11.2. The summed E-state index contributed by atoms with van der Waals surface area (Å²) in [4.78, 5) is 17.8. The van der Waals surface area contributed by atoms with Gasteiger partial charge in [-0.25, -0.2) is 9.79 Å². The van der Waals surface area contributed by atoms with Crippen LogP contribution in [0.4, 0.5) is 0 Å². The lowest BCUT2D eigenvalue weighted by Gasteiger charge is -2.08. The van der Waals surface area contributed by atoms with Gasteiger partial charge in [-0.3, -0.25) is 4.98 Å². The largest absolute Gasteiger partial charge is 0.451 e. The van der Waals surface area contributed by atoms with Crippen LogP contribution in [0, 0.1) is 6.92 Å². The molecular formula is C12H8ClIN2O3. The second kappa shape index (κ2) is 4.93. The predicted octanol–water partition coefficient (Wildman–Crippen LogP) is 3.03. The van der Waals surface area contributed by atoms with Gasteiger partial charge in [-0.05, 0) is 39.3 Å². The van der Waals surface area contributed by atoms with Crippen LogP contribution >= 0.6 is 32.3 Å². The van der Waals surface area contributed by atoms with Gasteiger partial charge in [0.1, 0.15) is 10.9 Å². The van der Waals surface area contributed by atoms with Gasteiger partial charge in [0.2, 0.25) is 0 Å². The van der Waals surface area contributed by atoms with Crippen molar-refractivity contribution < 1.29 is 9.15 Å². The van der Waals surface area contributed by atoms with Gasteiger partial charge in [-0.15, -0.1) is 0 Å². The van der Waals surface area contributed by atoms with Crippen LogP contribution in [0.15, 0.2) is 37.6 Å². The lowest BCUT2D eigenvalue weighted by molar-refractivity contribution is 0.546. The van der Waals surface area contributed by atoms with Crippen molar-refractivity contribution >= 4 is 51.3 Å². The maximum absolute atomic E-state index is 11.2. The number of H-pyrrole nitrogens is 1. The van der Waals surface area contributed by atoms with Crippen molar-refractivity contribution in [3.8, 4) is 5.75 Å². The van der Waals surface area contributed by atoms with Crippen LogP contribution in [0.5, 0.6) is 5.75 Å². The van der Waals surface area contributed by atoms with Gasteiger partial charge in [0.05, 0.1) is 9.74 Å². The number of aliphatic imine (C=N–C) groups is 1. The first-order valence-electron chi connectivity index (χ1n) is 5.33. The minimum absolute atomic E-state index is 0.409. The molecule has 0 amide bonds. The summed E-state index contributed by atoms with van der Waals surface area (Å²) in [5, 5.41) is 0.409. The van der Waals surface area contributed by atoms with Gasteiger partial charge < -0.3 is 9.15 Å². The molecular weight excluding hydrogens is 383 g/mol. The zero-order chi connectivity index (χ0) is 13.4. The highest BCUT2D eigenvalue weighted by Crippen LogP contribution is 2.24. The Morgan fingerprint density at radius 2 is 2.32 bits per heavy atom. The highest BCUT2D eigenvalue weighted by Gasteiger charge is 2.09.